The summed E-state index contributed by atoms with van der Waals surface area (Å²) in [6.45, 7) is 7.58. The summed E-state index contributed by atoms with van der Waals surface area (Å²) in [4.78, 5) is 14.7. The molecule has 1 saturated heterocycles. The fourth-order valence-corrected chi connectivity index (χ4v) is 2.87. The highest BCUT2D eigenvalue weighted by atomic mass is 19.1. The van der Waals surface area contributed by atoms with Gasteiger partial charge in [-0.3, -0.25) is 4.79 Å². The van der Waals surface area contributed by atoms with Crippen LogP contribution in [0.3, 0.4) is 0 Å². The molecule has 116 valence electrons. The highest BCUT2D eigenvalue weighted by Crippen LogP contribution is 2.17. The van der Waals surface area contributed by atoms with Crippen molar-refractivity contribution in [3.63, 3.8) is 0 Å². The molecule has 1 aromatic carbocycles. The maximum Gasteiger partial charge on any atom is 0.254 e. The average Bonchev–Trinajstić information content (AvgIpc) is 2.45. The van der Waals surface area contributed by atoms with Crippen LogP contribution in [0.5, 0.6) is 0 Å². The SMILES string of the molecule is Cc1cc(F)ccc1C(=O)N(CC1CCCCN1)C(C)C. The molecule has 0 saturated carbocycles. The minimum absolute atomic E-state index is 0.00475. The zero-order valence-electron chi connectivity index (χ0n) is 13.2. The molecule has 0 radical (unpaired) electrons. The van der Waals surface area contributed by atoms with Gasteiger partial charge in [-0.25, -0.2) is 4.39 Å². The molecule has 1 atom stereocenters. The molecule has 21 heavy (non-hydrogen) atoms. The lowest BCUT2D eigenvalue weighted by Crippen LogP contribution is -2.48. The van der Waals surface area contributed by atoms with Crippen LogP contribution in [0, 0.1) is 12.7 Å². The lowest BCUT2D eigenvalue weighted by Gasteiger charge is -2.33. The van der Waals surface area contributed by atoms with Crippen LogP contribution in [0.15, 0.2) is 18.2 Å². The van der Waals surface area contributed by atoms with Crippen LogP contribution in [-0.2, 0) is 0 Å². The molecular weight excluding hydrogens is 267 g/mol. The number of amides is 1. The number of carbonyl (C=O) groups is 1. The monoisotopic (exact) mass is 292 g/mol. The standard InChI is InChI=1S/C17H25FN2O/c1-12(2)20(11-15-6-4-5-9-19-15)17(21)16-8-7-14(18)10-13(16)3/h7-8,10,12,15,19H,4-6,9,11H2,1-3H3. The maximum atomic E-state index is 13.2. The van der Waals surface area contributed by atoms with E-state index in [1.54, 1.807) is 13.0 Å². The number of nitrogens with zero attached hydrogens (tertiary/aromatic N) is 1. The number of rotatable bonds is 4. The molecule has 1 N–H and O–H groups in total. The molecule has 1 amide bonds. The first kappa shape index (κ1) is 16.0. The van der Waals surface area contributed by atoms with E-state index in [2.05, 4.69) is 5.32 Å². The van der Waals surface area contributed by atoms with Crippen LogP contribution in [0.25, 0.3) is 0 Å². The van der Waals surface area contributed by atoms with Crippen LogP contribution in [0.2, 0.25) is 0 Å². The van der Waals surface area contributed by atoms with Crippen LogP contribution >= 0.6 is 0 Å². The normalized spacial score (nSPS) is 18.8. The van der Waals surface area contributed by atoms with E-state index in [0.717, 1.165) is 13.0 Å². The number of carbonyl (C=O) groups excluding carboxylic acids is 1. The Balaban J connectivity index is 2.14. The summed E-state index contributed by atoms with van der Waals surface area (Å²) in [5.41, 5.74) is 1.29. The number of hydrogen-bond donors (Lipinski definition) is 1. The van der Waals surface area contributed by atoms with E-state index < -0.39 is 0 Å². The highest BCUT2D eigenvalue weighted by Gasteiger charge is 2.24. The van der Waals surface area contributed by atoms with Gasteiger partial charge in [-0.05, 0) is 63.9 Å². The summed E-state index contributed by atoms with van der Waals surface area (Å²) in [6.07, 6.45) is 3.54. The van der Waals surface area contributed by atoms with Crippen molar-refractivity contribution < 1.29 is 9.18 Å². The number of benzene rings is 1. The summed E-state index contributed by atoms with van der Waals surface area (Å²) in [7, 11) is 0. The molecule has 0 spiro atoms. The van der Waals surface area contributed by atoms with Crippen molar-refractivity contribution in [3.8, 4) is 0 Å². The molecule has 1 fully saturated rings. The predicted octanol–water partition coefficient (Wildman–Crippen LogP) is 3.13. The van der Waals surface area contributed by atoms with E-state index in [-0.39, 0.29) is 17.8 Å². The Morgan fingerprint density at radius 3 is 2.76 bits per heavy atom. The molecule has 0 bridgehead atoms. The van der Waals surface area contributed by atoms with Gasteiger partial charge in [-0.2, -0.15) is 0 Å². The highest BCUT2D eigenvalue weighted by molar-refractivity contribution is 5.95. The van der Waals surface area contributed by atoms with Gasteiger partial charge >= 0.3 is 0 Å². The third-order valence-corrected chi connectivity index (χ3v) is 4.13. The van der Waals surface area contributed by atoms with Crippen molar-refractivity contribution in [2.24, 2.45) is 0 Å². The molecule has 2 rings (SSSR count). The zero-order chi connectivity index (χ0) is 15.4. The summed E-state index contributed by atoms with van der Waals surface area (Å²) < 4.78 is 13.2. The van der Waals surface area contributed by atoms with Gasteiger partial charge in [-0.15, -0.1) is 0 Å². The predicted molar refractivity (Wildman–Crippen MR) is 83.0 cm³/mol. The van der Waals surface area contributed by atoms with Crippen LogP contribution in [0.4, 0.5) is 4.39 Å². The summed E-state index contributed by atoms with van der Waals surface area (Å²) in [5, 5.41) is 3.48. The second-order valence-corrected chi connectivity index (χ2v) is 6.16. The van der Waals surface area contributed by atoms with Gasteiger partial charge in [0, 0.05) is 24.2 Å². The van der Waals surface area contributed by atoms with E-state index in [1.165, 1.54) is 25.0 Å². The van der Waals surface area contributed by atoms with Gasteiger partial charge in [0.25, 0.3) is 5.91 Å². The molecule has 1 unspecified atom stereocenters. The second-order valence-electron chi connectivity index (χ2n) is 6.16. The molecule has 1 aliphatic heterocycles. The molecule has 1 heterocycles. The molecule has 4 heteroatoms. The topological polar surface area (TPSA) is 32.3 Å². The van der Waals surface area contributed by atoms with Gasteiger partial charge in [-0.1, -0.05) is 6.42 Å². The van der Waals surface area contributed by atoms with E-state index in [0.29, 0.717) is 23.7 Å². The summed E-state index contributed by atoms with van der Waals surface area (Å²) >= 11 is 0. The lowest BCUT2D eigenvalue weighted by molar-refractivity contribution is 0.0676. The van der Waals surface area contributed by atoms with Gasteiger partial charge < -0.3 is 10.2 Å². The van der Waals surface area contributed by atoms with Crippen molar-refractivity contribution in [1.82, 2.24) is 10.2 Å². The van der Waals surface area contributed by atoms with Crippen molar-refractivity contribution in [2.45, 2.75) is 52.1 Å². The Hall–Kier alpha value is -1.42. The number of aryl methyl sites for hydroxylation is 1. The van der Waals surface area contributed by atoms with Crippen LogP contribution in [-0.4, -0.2) is 36.0 Å². The molecule has 0 aliphatic carbocycles. The Morgan fingerprint density at radius 2 is 2.19 bits per heavy atom. The first-order valence-corrected chi connectivity index (χ1v) is 7.79. The molecule has 0 aromatic heterocycles. The fraction of sp³-hybridized carbons (Fsp3) is 0.588. The van der Waals surface area contributed by atoms with Crippen molar-refractivity contribution in [2.75, 3.05) is 13.1 Å². The first-order chi connectivity index (χ1) is 9.99. The van der Waals surface area contributed by atoms with Crippen molar-refractivity contribution in [3.05, 3.63) is 35.1 Å². The molecule has 1 aliphatic rings. The van der Waals surface area contributed by atoms with E-state index in [4.69, 9.17) is 0 Å². The second kappa shape index (κ2) is 7.03. The number of halogens is 1. The van der Waals surface area contributed by atoms with Gasteiger partial charge in [0.05, 0.1) is 0 Å². The largest absolute Gasteiger partial charge is 0.335 e. The average molecular weight is 292 g/mol. The smallest absolute Gasteiger partial charge is 0.254 e. The molecular formula is C17H25FN2O. The fourth-order valence-electron chi connectivity index (χ4n) is 2.87. The minimum atomic E-state index is -0.297. The van der Waals surface area contributed by atoms with Crippen molar-refractivity contribution in [1.29, 1.82) is 0 Å². The minimum Gasteiger partial charge on any atom is -0.335 e. The quantitative estimate of drug-likeness (QED) is 0.924. The Bertz CT molecular complexity index is 496. The summed E-state index contributed by atoms with van der Waals surface area (Å²) in [5.74, 6) is -0.302. The zero-order valence-corrected chi connectivity index (χ0v) is 13.2. The number of hydrogen-bond acceptors (Lipinski definition) is 2. The van der Waals surface area contributed by atoms with Crippen molar-refractivity contribution >= 4 is 5.91 Å². The Kier molecular flexibility index (Phi) is 5.34. The maximum absolute atomic E-state index is 13.2. The first-order valence-electron chi connectivity index (χ1n) is 7.79. The number of piperidine rings is 1. The number of nitrogens with one attached hydrogen (secondary N) is 1. The van der Waals surface area contributed by atoms with Gasteiger partial charge in [0.2, 0.25) is 0 Å². The molecule has 1 aromatic rings. The lowest BCUT2D eigenvalue weighted by atomic mass is 10.0. The third kappa shape index (κ3) is 4.03. The molecule has 3 nitrogen and oxygen atoms in total. The third-order valence-electron chi connectivity index (χ3n) is 4.13. The van der Waals surface area contributed by atoms with Crippen LogP contribution < -0.4 is 5.32 Å². The Labute approximate surface area is 126 Å². The van der Waals surface area contributed by atoms with E-state index in [9.17, 15) is 9.18 Å². The summed E-state index contributed by atoms with van der Waals surface area (Å²) in [6, 6.07) is 4.87. The Morgan fingerprint density at radius 1 is 1.43 bits per heavy atom. The van der Waals surface area contributed by atoms with Gasteiger partial charge in [0.1, 0.15) is 5.82 Å². The van der Waals surface area contributed by atoms with Gasteiger partial charge in [0.15, 0.2) is 0 Å². The van der Waals surface area contributed by atoms with E-state index >= 15 is 0 Å². The van der Waals surface area contributed by atoms with Crippen LogP contribution in [0.1, 0.15) is 49.0 Å². The van der Waals surface area contributed by atoms with E-state index in [1.807, 2.05) is 18.7 Å².